The average Bonchev–Trinajstić information content (AvgIpc) is 2.64. The summed E-state index contributed by atoms with van der Waals surface area (Å²) in [4.78, 5) is 20.6. The van der Waals surface area contributed by atoms with E-state index in [4.69, 9.17) is 11.6 Å². The van der Waals surface area contributed by atoms with Crippen molar-refractivity contribution < 1.29 is 4.79 Å². The first kappa shape index (κ1) is 20.5. The van der Waals surface area contributed by atoms with Gasteiger partial charge in [-0.25, -0.2) is 4.98 Å². The summed E-state index contributed by atoms with van der Waals surface area (Å²) in [5.41, 5.74) is 1.12. The number of nitrogens with zero attached hydrogens (tertiary/aromatic N) is 2. The van der Waals surface area contributed by atoms with Crippen molar-refractivity contribution in [2.24, 2.45) is 4.99 Å². The number of aliphatic imine (C=N–C) groups is 1. The number of nitrogens with one attached hydrogen (secondary N) is 3. The van der Waals surface area contributed by atoms with Crippen LogP contribution in [0.3, 0.4) is 0 Å². The van der Waals surface area contributed by atoms with Crippen molar-refractivity contribution in [3.05, 3.63) is 29.0 Å². The Labute approximate surface area is 161 Å². The monoisotopic (exact) mass is 379 g/mol. The number of halogens is 1. The molecule has 1 aromatic rings. The maximum Gasteiger partial charge on any atom is 0.222 e. The molecule has 3 N–H and O–H groups in total. The Balaban J connectivity index is 1.69. The summed E-state index contributed by atoms with van der Waals surface area (Å²) >= 11 is 5.79. The highest BCUT2D eigenvalue weighted by atomic mass is 35.5. The van der Waals surface area contributed by atoms with Crippen LogP contribution in [-0.2, 0) is 11.2 Å². The van der Waals surface area contributed by atoms with Gasteiger partial charge in [0.2, 0.25) is 5.91 Å². The van der Waals surface area contributed by atoms with Gasteiger partial charge in [-0.1, -0.05) is 36.9 Å². The van der Waals surface area contributed by atoms with E-state index >= 15 is 0 Å². The first-order valence-corrected chi connectivity index (χ1v) is 9.97. The average molecular weight is 380 g/mol. The highest BCUT2D eigenvalue weighted by Crippen LogP contribution is 2.17. The molecule has 0 aromatic carbocycles. The van der Waals surface area contributed by atoms with E-state index in [9.17, 15) is 4.79 Å². The lowest BCUT2D eigenvalue weighted by Crippen LogP contribution is -2.39. The molecule has 26 heavy (non-hydrogen) atoms. The van der Waals surface area contributed by atoms with Crippen molar-refractivity contribution in [3.63, 3.8) is 0 Å². The second kappa shape index (κ2) is 11.7. The number of aromatic nitrogens is 1. The van der Waals surface area contributed by atoms with Crippen LogP contribution in [0.4, 0.5) is 0 Å². The fourth-order valence-electron chi connectivity index (χ4n) is 3.04. The minimum atomic E-state index is 0.101. The minimum absolute atomic E-state index is 0.101. The fourth-order valence-corrected chi connectivity index (χ4v) is 3.15. The first-order valence-electron chi connectivity index (χ1n) is 9.59. The Hall–Kier alpha value is -1.82. The highest BCUT2D eigenvalue weighted by molar-refractivity contribution is 6.29. The van der Waals surface area contributed by atoms with E-state index in [1.54, 1.807) is 12.3 Å². The summed E-state index contributed by atoms with van der Waals surface area (Å²) < 4.78 is 0. The zero-order chi connectivity index (χ0) is 18.6. The Kier molecular flexibility index (Phi) is 9.24. The lowest BCUT2D eigenvalue weighted by atomic mass is 9.95. The molecule has 0 saturated heterocycles. The number of guanidine groups is 1. The molecular formula is C19H30ClN5O. The van der Waals surface area contributed by atoms with Crippen LogP contribution >= 0.6 is 11.6 Å². The third-order valence-electron chi connectivity index (χ3n) is 4.42. The van der Waals surface area contributed by atoms with Gasteiger partial charge in [0.05, 0.1) is 6.54 Å². The Morgan fingerprint density at radius 3 is 2.77 bits per heavy atom. The topological polar surface area (TPSA) is 78.4 Å². The molecule has 7 heteroatoms. The number of carbonyl (C=O) groups is 1. The van der Waals surface area contributed by atoms with Crippen molar-refractivity contribution in [2.75, 3.05) is 19.6 Å². The predicted octanol–water partition coefficient (Wildman–Crippen LogP) is 2.67. The van der Waals surface area contributed by atoms with Crippen LogP contribution in [0.25, 0.3) is 0 Å². The summed E-state index contributed by atoms with van der Waals surface area (Å²) in [6, 6.07) is 4.12. The van der Waals surface area contributed by atoms with Gasteiger partial charge in [0.25, 0.3) is 0 Å². The van der Waals surface area contributed by atoms with Gasteiger partial charge in [0, 0.05) is 31.7 Å². The molecule has 1 aliphatic rings. The van der Waals surface area contributed by atoms with Crippen LogP contribution in [0.1, 0.15) is 51.0 Å². The molecule has 0 radical (unpaired) electrons. The van der Waals surface area contributed by atoms with Crippen LogP contribution in [0, 0.1) is 0 Å². The molecule has 1 aliphatic carbocycles. The molecule has 1 aromatic heterocycles. The normalized spacial score (nSPS) is 15.5. The van der Waals surface area contributed by atoms with Crippen LogP contribution in [-0.4, -0.2) is 42.5 Å². The van der Waals surface area contributed by atoms with Crippen LogP contribution < -0.4 is 16.0 Å². The maximum absolute atomic E-state index is 12.0. The Bertz CT molecular complexity index is 570. The molecule has 0 bridgehead atoms. The van der Waals surface area contributed by atoms with Gasteiger partial charge in [-0.05, 0) is 37.8 Å². The van der Waals surface area contributed by atoms with Gasteiger partial charge in [-0.2, -0.15) is 0 Å². The first-order chi connectivity index (χ1) is 12.7. The predicted molar refractivity (Wildman–Crippen MR) is 107 cm³/mol. The molecule has 144 valence electrons. The number of amides is 1. The van der Waals surface area contributed by atoms with Crippen molar-refractivity contribution in [3.8, 4) is 0 Å². The quantitative estimate of drug-likeness (QED) is 0.368. The Morgan fingerprint density at radius 2 is 2.08 bits per heavy atom. The van der Waals surface area contributed by atoms with E-state index in [0.717, 1.165) is 43.9 Å². The molecule has 0 spiro atoms. The molecule has 2 rings (SSSR count). The number of hydrogen-bond acceptors (Lipinski definition) is 3. The zero-order valence-corrected chi connectivity index (χ0v) is 16.3. The number of rotatable bonds is 8. The fraction of sp³-hybridized carbons (Fsp3) is 0.632. The molecule has 1 amide bonds. The third-order valence-corrected chi connectivity index (χ3v) is 4.64. The van der Waals surface area contributed by atoms with E-state index in [-0.39, 0.29) is 5.91 Å². The third kappa shape index (κ3) is 8.04. The molecule has 1 heterocycles. The van der Waals surface area contributed by atoms with Gasteiger partial charge >= 0.3 is 0 Å². The van der Waals surface area contributed by atoms with E-state index in [2.05, 4.69) is 25.9 Å². The van der Waals surface area contributed by atoms with E-state index in [1.807, 2.05) is 13.0 Å². The van der Waals surface area contributed by atoms with Gasteiger partial charge in [-0.15, -0.1) is 0 Å². The number of pyridine rings is 1. The highest BCUT2D eigenvalue weighted by Gasteiger charge is 2.15. The van der Waals surface area contributed by atoms with E-state index < -0.39 is 0 Å². The molecule has 6 nitrogen and oxygen atoms in total. The summed E-state index contributed by atoms with van der Waals surface area (Å²) in [6.45, 7) is 4.03. The lowest BCUT2D eigenvalue weighted by molar-refractivity contribution is -0.121. The van der Waals surface area contributed by atoms with E-state index in [0.29, 0.717) is 24.2 Å². The van der Waals surface area contributed by atoms with Gasteiger partial charge in [-0.3, -0.25) is 9.79 Å². The summed E-state index contributed by atoms with van der Waals surface area (Å²) in [6.07, 6.45) is 8.99. The van der Waals surface area contributed by atoms with E-state index in [1.165, 1.54) is 19.3 Å². The van der Waals surface area contributed by atoms with Crippen molar-refractivity contribution in [1.29, 1.82) is 0 Å². The molecular weight excluding hydrogens is 350 g/mol. The van der Waals surface area contributed by atoms with Crippen molar-refractivity contribution >= 4 is 23.5 Å². The summed E-state index contributed by atoms with van der Waals surface area (Å²) in [5.74, 6) is 0.837. The molecule has 0 atom stereocenters. The zero-order valence-electron chi connectivity index (χ0n) is 15.6. The Morgan fingerprint density at radius 1 is 1.27 bits per heavy atom. The molecule has 1 fully saturated rings. The summed E-state index contributed by atoms with van der Waals surface area (Å²) in [5, 5.41) is 10.1. The molecule has 0 unspecified atom stereocenters. The summed E-state index contributed by atoms with van der Waals surface area (Å²) in [7, 11) is 0. The van der Waals surface area contributed by atoms with Crippen LogP contribution in [0.2, 0.25) is 5.15 Å². The number of carbonyl (C=O) groups excluding carboxylic acids is 1. The largest absolute Gasteiger partial charge is 0.357 e. The number of hydrogen-bond donors (Lipinski definition) is 3. The standard InChI is InChI=1S/C19H30ClN5O/c1-2-21-19(22-12-10-15-8-9-17(20)24-14-15)23-13-11-18(26)25-16-6-4-3-5-7-16/h8-9,14,16H,2-7,10-13H2,1H3,(H,25,26)(H2,21,22,23). The second-order valence-electron chi connectivity index (χ2n) is 6.58. The van der Waals surface area contributed by atoms with Crippen LogP contribution in [0.5, 0.6) is 0 Å². The second-order valence-corrected chi connectivity index (χ2v) is 6.97. The molecule has 0 aliphatic heterocycles. The van der Waals surface area contributed by atoms with Gasteiger partial charge in [0.15, 0.2) is 5.96 Å². The lowest BCUT2D eigenvalue weighted by Gasteiger charge is -2.22. The van der Waals surface area contributed by atoms with Crippen molar-refractivity contribution in [2.45, 2.75) is 57.9 Å². The molecule has 1 saturated carbocycles. The SMILES string of the molecule is CCNC(=NCCC(=O)NC1CCCCC1)NCCc1ccc(Cl)nc1. The minimum Gasteiger partial charge on any atom is -0.357 e. The van der Waals surface area contributed by atoms with Crippen molar-refractivity contribution in [1.82, 2.24) is 20.9 Å². The van der Waals surface area contributed by atoms with Gasteiger partial charge in [0.1, 0.15) is 5.15 Å². The maximum atomic E-state index is 12.0. The van der Waals surface area contributed by atoms with Crippen LogP contribution in [0.15, 0.2) is 23.3 Å². The smallest absolute Gasteiger partial charge is 0.222 e. The van der Waals surface area contributed by atoms with Gasteiger partial charge < -0.3 is 16.0 Å².